The second-order valence-electron chi connectivity index (χ2n) is 9.17. The standard InChI is InChI=1S/C25H28F5N5/c1-35(2)23-18-5-3-4-6-20(18)33-24(34-23)32-17-10-7-15(8-11-17)13-31-14-16-9-12-19(25(28,29)30)22(27)21(16)26/h3-6,9,12,15,17,31H,7-8,10-11,13-14H2,1-2H3,(H,32,33,34)/t15-,17+. The number of alkyl halides is 3. The molecule has 0 unspecified atom stereocenters. The van der Waals surface area contributed by atoms with Gasteiger partial charge in [-0.25, -0.2) is 13.8 Å². The van der Waals surface area contributed by atoms with Crippen molar-refractivity contribution in [2.45, 2.75) is 44.4 Å². The largest absolute Gasteiger partial charge is 0.419 e. The van der Waals surface area contributed by atoms with Crippen LogP contribution in [0, 0.1) is 17.6 Å². The molecule has 1 heterocycles. The highest BCUT2D eigenvalue weighted by Crippen LogP contribution is 2.33. The van der Waals surface area contributed by atoms with E-state index in [4.69, 9.17) is 0 Å². The summed E-state index contributed by atoms with van der Waals surface area (Å²) in [6.07, 6.45) is -1.27. The first kappa shape index (κ1) is 25.1. The lowest BCUT2D eigenvalue weighted by molar-refractivity contribution is -0.140. The van der Waals surface area contributed by atoms with Gasteiger partial charge in [0.05, 0.1) is 11.1 Å². The Hall–Kier alpha value is -3.01. The maximum absolute atomic E-state index is 14.1. The zero-order chi connectivity index (χ0) is 25.2. The molecule has 0 spiro atoms. The van der Waals surface area contributed by atoms with Gasteiger partial charge in [-0.05, 0) is 56.3 Å². The van der Waals surface area contributed by atoms with Gasteiger partial charge in [-0.15, -0.1) is 0 Å². The smallest absolute Gasteiger partial charge is 0.362 e. The average Bonchev–Trinajstić information content (AvgIpc) is 2.81. The van der Waals surface area contributed by atoms with Crippen molar-refractivity contribution in [2.75, 3.05) is 30.9 Å². The predicted molar refractivity (Wildman–Crippen MR) is 126 cm³/mol. The van der Waals surface area contributed by atoms with Crippen LogP contribution in [0.1, 0.15) is 36.8 Å². The van der Waals surface area contributed by atoms with E-state index in [1.807, 2.05) is 43.3 Å². The SMILES string of the molecule is CN(C)c1nc(N[C@H]2CC[C@@H](CNCc3ccc(C(F)(F)F)c(F)c3F)CC2)nc2ccccc12. The molecule has 2 N–H and O–H groups in total. The topological polar surface area (TPSA) is 53.1 Å². The van der Waals surface area contributed by atoms with Crippen LogP contribution in [0.15, 0.2) is 36.4 Å². The Morgan fingerprint density at radius 2 is 1.66 bits per heavy atom. The molecular formula is C25H28F5N5. The molecule has 1 saturated carbocycles. The highest BCUT2D eigenvalue weighted by atomic mass is 19.4. The Morgan fingerprint density at radius 1 is 0.943 bits per heavy atom. The fourth-order valence-electron chi connectivity index (χ4n) is 4.51. The van der Waals surface area contributed by atoms with Crippen LogP contribution in [-0.4, -0.2) is 36.6 Å². The van der Waals surface area contributed by atoms with Gasteiger partial charge in [0.2, 0.25) is 5.95 Å². The quantitative estimate of drug-likeness (QED) is 0.411. The molecule has 0 amide bonds. The molecule has 1 aliphatic rings. The Kier molecular flexibility index (Phi) is 7.39. The second kappa shape index (κ2) is 10.3. The highest BCUT2D eigenvalue weighted by molar-refractivity contribution is 5.90. The van der Waals surface area contributed by atoms with E-state index < -0.39 is 23.4 Å². The molecule has 35 heavy (non-hydrogen) atoms. The number of rotatable bonds is 7. The minimum atomic E-state index is -4.92. The van der Waals surface area contributed by atoms with Crippen molar-refractivity contribution < 1.29 is 22.0 Å². The number of anilines is 2. The summed E-state index contributed by atoms with van der Waals surface area (Å²) in [6.45, 7) is 0.545. The summed E-state index contributed by atoms with van der Waals surface area (Å²) in [5, 5.41) is 7.50. The molecule has 10 heteroatoms. The van der Waals surface area contributed by atoms with Crippen molar-refractivity contribution in [1.82, 2.24) is 15.3 Å². The summed E-state index contributed by atoms with van der Waals surface area (Å²) in [6, 6.07) is 9.67. The van der Waals surface area contributed by atoms with Crippen LogP contribution < -0.4 is 15.5 Å². The molecule has 0 aliphatic heterocycles. The van der Waals surface area contributed by atoms with Gasteiger partial charge in [0.1, 0.15) is 5.82 Å². The first-order chi connectivity index (χ1) is 16.6. The predicted octanol–water partition coefficient (Wildman–Crippen LogP) is 5.75. The lowest BCUT2D eigenvalue weighted by Gasteiger charge is -2.29. The van der Waals surface area contributed by atoms with Crippen LogP contribution in [0.25, 0.3) is 10.9 Å². The number of hydrogen-bond donors (Lipinski definition) is 2. The van der Waals surface area contributed by atoms with Crippen molar-refractivity contribution in [3.8, 4) is 0 Å². The van der Waals surface area contributed by atoms with E-state index in [1.165, 1.54) is 0 Å². The summed E-state index contributed by atoms with van der Waals surface area (Å²) in [7, 11) is 3.89. The minimum absolute atomic E-state index is 0.0304. The average molecular weight is 494 g/mol. The van der Waals surface area contributed by atoms with Gasteiger partial charge < -0.3 is 15.5 Å². The van der Waals surface area contributed by atoms with Crippen LogP contribution >= 0.6 is 0 Å². The van der Waals surface area contributed by atoms with E-state index in [0.717, 1.165) is 48.5 Å². The molecule has 0 saturated heterocycles. The van der Waals surface area contributed by atoms with Gasteiger partial charge in [0.15, 0.2) is 11.6 Å². The van der Waals surface area contributed by atoms with E-state index in [2.05, 4.69) is 20.6 Å². The molecule has 2 aromatic carbocycles. The molecular weight excluding hydrogens is 465 g/mol. The third-order valence-electron chi connectivity index (χ3n) is 6.40. The number of aromatic nitrogens is 2. The molecule has 188 valence electrons. The Morgan fingerprint density at radius 3 is 2.34 bits per heavy atom. The van der Waals surface area contributed by atoms with E-state index in [-0.39, 0.29) is 18.2 Å². The van der Waals surface area contributed by atoms with Crippen LogP contribution in [-0.2, 0) is 12.7 Å². The molecule has 3 aromatic rings. The number of para-hydroxylation sites is 1. The zero-order valence-electron chi connectivity index (χ0n) is 19.6. The van der Waals surface area contributed by atoms with Crippen molar-refractivity contribution in [3.63, 3.8) is 0 Å². The molecule has 0 atom stereocenters. The molecule has 0 radical (unpaired) electrons. The van der Waals surface area contributed by atoms with E-state index in [9.17, 15) is 22.0 Å². The van der Waals surface area contributed by atoms with E-state index in [1.54, 1.807) is 0 Å². The van der Waals surface area contributed by atoms with Crippen molar-refractivity contribution >= 4 is 22.7 Å². The van der Waals surface area contributed by atoms with Crippen molar-refractivity contribution in [1.29, 1.82) is 0 Å². The van der Waals surface area contributed by atoms with Gasteiger partial charge in [0.25, 0.3) is 0 Å². The zero-order valence-corrected chi connectivity index (χ0v) is 19.6. The number of hydrogen-bond acceptors (Lipinski definition) is 5. The Balaban J connectivity index is 1.29. The Labute approximate surface area is 200 Å². The monoisotopic (exact) mass is 493 g/mol. The lowest BCUT2D eigenvalue weighted by atomic mass is 9.86. The van der Waals surface area contributed by atoms with Gasteiger partial charge in [-0.3, -0.25) is 0 Å². The fourth-order valence-corrected chi connectivity index (χ4v) is 4.51. The van der Waals surface area contributed by atoms with Gasteiger partial charge >= 0.3 is 6.18 Å². The third-order valence-corrected chi connectivity index (χ3v) is 6.40. The summed E-state index contributed by atoms with van der Waals surface area (Å²) in [5.74, 6) is -1.52. The molecule has 4 rings (SSSR count). The number of halogens is 5. The van der Waals surface area contributed by atoms with Gasteiger partial charge in [-0.2, -0.15) is 18.2 Å². The summed E-state index contributed by atoms with van der Waals surface area (Å²) < 4.78 is 66.0. The number of benzene rings is 2. The number of fused-ring (bicyclic) bond motifs is 1. The van der Waals surface area contributed by atoms with Gasteiger partial charge in [-0.1, -0.05) is 18.2 Å². The van der Waals surface area contributed by atoms with Crippen LogP contribution in [0.4, 0.5) is 33.7 Å². The van der Waals surface area contributed by atoms with Crippen LogP contribution in [0.2, 0.25) is 0 Å². The number of nitrogens with zero attached hydrogens (tertiary/aromatic N) is 3. The van der Waals surface area contributed by atoms with Crippen molar-refractivity contribution in [2.24, 2.45) is 5.92 Å². The summed E-state index contributed by atoms with van der Waals surface area (Å²) in [4.78, 5) is 11.3. The maximum atomic E-state index is 14.1. The van der Waals surface area contributed by atoms with Crippen molar-refractivity contribution in [3.05, 3.63) is 59.2 Å². The van der Waals surface area contributed by atoms with E-state index >= 15 is 0 Å². The van der Waals surface area contributed by atoms with Crippen LogP contribution in [0.3, 0.4) is 0 Å². The molecule has 1 fully saturated rings. The Bertz CT molecular complexity index is 1170. The fraction of sp³-hybridized carbons (Fsp3) is 0.440. The van der Waals surface area contributed by atoms with Gasteiger partial charge in [0, 0.05) is 37.6 Å². The first-order valence-electron chi connectivity index (χ1n) is 11.6. The third kappa shape index (κ3) is 5.80. The minimum Gasteiger partial charge on any atom is -0.362 e. The summed E-state index contributed by atoms with van der Waals surface area (Å²) in [5.41, 5.74) is -0.827. The molecule has 1 aliphatic carbocycles. The highest BCUT2D eigenvalue weighted by Gasteiger charge is 2.36. The first-order valence-corrected chi connectivity index (χ1v) is 11.6. The molecule has 0 bridgehead atoms. The van der Waals surface area contributed by atoms with E-state index in [0.29, 0.717) is 24.5 Å². The maximum Gasteiger partial charge on any atom is 0.419 e. The second-order valence-corrected chi connectivity index (χ2v) is 9.17. The molecule has 5 nitrogen and oxygen atoms in total. The normalized spacial score (nSPS) is 18.6. The summed E-state index contributed by atoms with van der Waals surface area (Å²) >= 11 is 0. The lowest BCUT2D eigenvalue weighted by Crippen LogP contribution is -2.32. The van der Waals surface area contributed by atoms with Crippen LogP contribution in [0.5, 0.6) is 0 Å². The molecule has 1 aromatic heterocycles. The number of nitrogens with one attached hydrogen (secondary N) is 2.